The van der Waals surface area contributed by atoms with E-state index in [-0.39, 0.29) is 0 Å². The first-order valence-corrected chi connectivity index (χ1v) is 4.75. The molecule has 70 valence electrons. The van der Waals surface area contributed by atoms with E-state index in [1.165, 1.54) is 0 Å². The van der Waals surface area contributed by atoms with Gasteiger partial charge in [0.1, 0.15) is 5.67 Å². The zero-order valence-electron chi connectivity index (χ0n) is 7.19. The van der Waals surface area contributed by atoms with Crippen LogP contribution in [0, 0.1) is 0 Å². The molecule has 0 aromatic heterocycles. The summed E-state index contributed by atoms with van der Waals surface area (Å²) in [5, 5.41) is 3.65. The van der Waals surface area contributed by atoms with Crippen molar-refractivity contribution in [2.45, 2.75) is 18.5 Å². The van der Waals surface area contributed by atoms with Gasteiger partial charge >= 0.3 is 0 Å². The van der Waals surface area contributed by atoms with Gasteiger partial charge in [-0.25, -0.2) is 4.39 Å². The molecular weight excluding hydrogens is 189 g/mol. The molecule has 1 N–H and O–H groups in total. The molecule has 0 atom stereocenters. The fraction of sp³-hybridized carbons (Fsp3) is 0.400. The van der Waals surface area contributed by atoms with E-state index in [0.29, 0.717) is 24.4 Å². The maximum absolute atomic E-state index is 13.2. The molecule has 1 saturated carbocycles. The van der Waals surface area contributed by atoms with Gasteiger partial charge < -0.3 is 5.32 Å². The van der Waals surface area contributed by atoms with Gasteiger partial charge in [0.15, 0.2) is 0 Å². The molecule has 0 radical (unpaired) electrons. The third-order valence-electron chi connectivity index (χ3n) is 2.26. The average Bonchev–Trinajstić information content (AvgIpc) is 2.83. The lowest BCUT2D eigenvalue weighted by Crippen LogP contribution is -2.15. The summed E-state index contributed by atoms with van der Waals surface area (Å²) < 4.78 is 13.2. The zero-order valence-corrected chi connectivity index (χ0v) is 7.94. The third-order valence-corrected chi connectivity index (χ3v) is 2.59. The van der Waals surface area contributed by atoms with Crippen LogP contribution in [0.5, 0.6) is 0 Å². The van der Waals surface area contributed by atoms with Crippen LogP contribution in [0.4, 0.5) is 10.1 Å². The van der Waals surface area contributed by atoms with Crippen LogP contribution >= 0.6 is 11.6 Å². The number of rotatable bonds is 3. The van der Waals surface area contributed by atoms with E-state index in [2.05, 4.69) is 5.32 Å². The summed E-state index contributed by atoms with van der Waals surface area (Å²) in [6.45, 7) is 0.372. The molecule has 0 saturated heterocycles. The highest BCUT2D eigenvalue weighted by molar-refractivity contribution is 6.33. The van der Waals surface area contributed by atoms with Crippen LogP contribution in [0.2, 0.25) is 5.02 Å². The van der Waals surface area contributed by atoms with E-state index in [1.807, 2.05) is 18.2 Å². The van der Waals surface area contributed by atoms with Gasteiger partial charge in [-0.15, -0.1) is 0 Å². The fourth-order valence-electron chi connectivity index (χ4n) is 1.17. The number of hydrogen-bond donors (Lipinski definition) is 1. The predicted octanol–water partition coefficient (Wildman–Crippen LogP) is 3.25. The maximum atomic E-state index is 13.2. The van der Waals surface area contributed by atoms with E-state index < -0.39 is 5.67 Å². The van der Waals surface area contributed by atoms with Gasteiger partial charge in [0.05, 0.1) is 10.7 Å². The van der Waals surface area contributed by atoms with Gasteiger partial charge in [0.25, 0.3) is 0 Å². The number of halogens is 2. The van der Waals surface area contributed by atoms with Crippen molar-refractivity contribution in [3.8, 4) is 0 Å². The number of benzene rings is 1. The molecule has 0 unspecified atom stereocenters. The SMILES string of the molecule is FC1(CNc2ccccc2Cl)CC1. The summed E-state index contributed by atoms with van der Waals surface area (Å²) in [4.78, 5) is 0. The van der Waals surface area contributed by atoms with E-state index in [0.717, 1.165) is 5.69 Å². The van der Waals surface area contributed by atoms with Crippen LogP contribution in [0.25, 0.3) is 0 Å². The second kappa shape index (κ2) is 3.18. The van der Waals surface area contributed by atoms with E-state index in [1.54, 1.807) is 6.07 Å². The molecule has 1 aromatic carbocycles. The van der Waals surface area contributed by atoms with E-state index >= 15 is 0 Å². The summed E-state index contributed by atoms with van der Waals surface area (Å²) in [6, 6.07) is 7.39. The van der Waals surface area contributed by atoms with Gasteiger partial charge in [-0.1, -0.05) is 23.7 Å². The normalized spacial score (nSPS) is 18.3. The van der Waals surface area contributed by atoms with Gasteiger partial charge in [0.2, 0.25) is 0 Å². The fourth-order valence-corrected chi connectivity index (χ4v) is 1.37. The summed E-state index contributed by atoms with van der Waals surface area (Å²) >= 11 is 5.89. The second-order valence-corrected chi connectivity index (χ2v) is 3.89. The lowest BCUT2D eigenvalue weighted by atomic mass is 10.3. The Morgan fingerprint density at radius 1 is 1.38 bits per heavy atom. The van der Waals surface area contributed by atoms with Crippen molar-refractivity contribution < 1.29 is 4.39 Å². The topological polar surface area (TPSA) is 12.0 Å². The van der Waals surface area contributed by atoms with Crippen molar-refractivity contribution in [2.24, 2.45) is 0 Å². The molecule has 0 heterocycles. The Hall–Kier alpha value is -0.760. The van der Waals surface area contributed by atoms with E-state index in [9.17, 15) is 4.39 Å². The molecule has 1 nitrogen and oxygen atoms in total. The first kappa shape index (κ1) is 8.82. The molecule has 0 aliphatic heterocycles. The minimum atomic E-state index is -0.973. The van der Waals surface area contributed by atoms with Crippen LogP contribution in [-0.2, 0) is 0 Å². The Bertz CT molecular complexity index is 310. The Morgan fingerprint density at radius 3 is 2.69 bits per heavy atom. The Kier molecular flexibility index (Phi) is 2.16. The molecule has 3 heteroatoms. The lowest BCUT2D eigenvalue weighted by molar-refractivity contribution is 0.326. The molecule has 1 aliphatic rings. The predicted molar refractivity (Wildman–Crippen MR) is 53.0 cm³/mol. The molecule has 0 amide bonds. The number of anilines is 1. The Morgan fingerprint density at radius 2 is 2.08 bits per heavy atom. The summed E-state index contributed by atoms with van der Waals surface area (Å²) in [6.07, 6.45) is 1.34. The Balaban J connectivity index is 1.97. The standard InChI is InChI=1S/C10H11ClFN/c11-8-3-1-2-4-9(8)13-7-10(12)5-6-10/h1-4,13H,5-7H2. The number of para-hydroxylation sites is 1. The first-order chi connectivity index (χ1) is 6.20. The average molecular weight is 200 g/mol. The lowest BCUT2D eigenvalue weighted by Gasteiger charge is -2.09. The highest BCUT2D eigenvalue weighted by Crippen LogP contribution is 2.39. The smallest absolute Gasteiger partial charge is 0.128 e. The molecule has 0 spiro atoms. The van der Waals surface area contributed by atoms with Gasteiger partial charge in [-0.2, -0.15) is 0 Å². The van der Waals surface area contributed by atoms with Crippen molar-refractivity contribution in [1.29, 1.82) is 0 Å². The zero-order chi connectivity index (χ0) is 9.31. The molecule has 1 aromatic rings. The summed E-state index contributed by atoms with van der Waals surface area (Å²) in [7, 11) is 0. The van der Waals surface area contributed by atoms with Gasteiger partial charge in [-0.3, -0.25) is 0 Å². The van der Waals surface area contributed by atoms with E-state index in [4.69, 9.17) is 11.6 Å². The molecule has 1 fully saturated rings. The minimum Gasteiger partial charge on any atom is -0.381 e. The largest absolute Gasteiger partial charge is 0.381 e. The Labute approximate surface area is 81.9 Å². The van der Waals surface area contributed by atoms with Crippen LogP contribution in [0.15, 0.2) is 24.3 Å². The quantitative estimate of drug-likeness (QED) is 0.788. The summed E-state index contributed by atoms with van der Waals surface area (Å²) in [5.41, 5.74) is -0.160. The molecule has 2 rings (SSSR count). The number of hydrogen-bond acceptors (Lipinski definition) is 1. The van der Waals surface area contributed by atoms with Gasteiger partial charge in [0, 0.05) is 6.54 Å². The highest BCUT2D eigenvalue weighted by atomic mass is 35.5. The number of alkyl halides is 1. The molecule has 1 aliphatic carbocycles. The molecule has 0 bridgehead atoms. The van der Waals surface area contributed by atoms with Crippen molar-refractivity contribution >= 4 is 17.3 Å². The van der Waals surface area contributed by atoms with Crippen LogP contribution < -0.4 is 5.32 Å². The third kappa shape index (κ3) is 2.13. The van der Waals surface area contributed by atoms with Crippen LogP contribution in [0.1, 0.15) is 12.8 Å². The van der Waals surface area contributed by atoms with Crippen LogP contribution in [-0.4, -0.2) is 12.2 Å². The van der Waals surface area contributed by atoms with Crippen molar-refractivity contribution in [3.63, 3.8) is 0 Å². The molecule has 13 heavy (non-hydrogen) atoms. The van der Waals surface area contributed by atoms with Crippen molar-refractivity contribution in [2.75, 3.05) is 11.9 Å². The van der Waals surface area contributed by atoms with Crippen LogP contribution in [0.3, 0.4) is 0 Å². The minimum absolute atomic E-state index is 0.372. The summed E-state index contributed by atoms with van der Waals surface area (Å²) in [5.74, 6) is 0. The highest BCUT2D eigenvalue weighted by Gasteiger charge is 2.42. The van der Waals surface area contributed by atoms with Gasteiger partial charge in [-0.05, 0) is 25.0 Å². The monoisotopic (exact) mass is 199 g/mol. The molecular formula is C10H11ClFN. The maximum Gasteiger partial charge on any atom is 0.128 e. The van der Waals surface area contributed by atoms with Crippen molar-refractivity contribution in [1.82, 2.24) is 0 Å². The van der Waals surface area contributed by atoms with Crippen molar-refractivity contribution in [3.05, 3.63) is 29.3 Å². The second-order valence-electron chi connectivity index (χ2n) is 3.48. The number of nitrogens with one attached hydrogen (secondary N) is 1. The first-order valence-electron chi connectivity index (χ1n) is 4.37.